The maximum atomic E-state index is 13.9. The molecule has 0 aliphatic carbocycles. The first kappa shape index (κ1) is 19.1. The third kappa shape index (κ3) is 3.48. The Balaban J connectivity index is 1.79. The molecule has 1 aliphatic rings. The van der Waals surface area contributed by atoms with E-state index < -0.39 is 23.3 Å². The fourth-order valence-electron chi connectivity index (χ4n) is 3.15. The topological polar surface area (TPSA) is 43.2 Å². The molecule has 1 fully saturated rings. The Bertz CT molecular complexity index is 1020. The number of ether oxygens (including phenoxy) is 1. The number of epoxide rings is 1. The number of halogens is 4. The molecule has 1 saturated heterocycles. The van der Waals surface area contributed by atoms with E-state index in [1.54, 1.807) is 10.7 Å². The first-order valence-corrected chi connectivity index (χ1v) is 10.6. The summed E-state index contributed by atoms with van der Waals surface area (Å²) in [6, 6.07) is 11.2. The van der Waals surface area contributed by atoms with Crippen molar-refractivity contribution in [3.05, 3.63) is 74.1 Å². The molecule has 1 aliphatic heterocycles. The van der Waals surface area contributed by atoms with Gasteiger partial charge in [-0.2, -0.15) is 4.98 Å². The highest BCUT2D eigenvalue weighted by atomic mass is 127. The van der Waals surface area contributed by atoms with Crippen LogP contribution in [0.3, 0.4) is 0 Å². The van der Waals surface area contributed by atoms with Crippen molar-refractivity contribution in [2.75, 3.05) is 6.26 Å². The van der Waals surface area contributed by atoms with Crippen LogP contribution >= 0.6 is 46.0 Å². The van der Waals surface area contributed by atoms with Crippen LogP contribution in [0.4, 0.5) is 8.78 Å². The standard InChI is InChI=1S/C18H13ClF2IN3OS/c1-27-17-23-16(22)24-25(17)9-18(10-6-7-13(20)14(21)8-10)15(26-18)11-4-2-3-5-12(11)19/h2-8,15H,9H2,1H3/t15-,18-/m0/s1. The quantitative estimate of drug-likeness (QED) is 0.264. The summed E-state index contributed by atoms with van der Waals surface area (Å²) in [5.74, 6) is -1.82. The largest absolute Gasteiger partial charge is 0.354 e. The number of rotatable bonds is 5. The lowest BCUT2D eigenvalue weighted by molar-refractivity contribution is 0.255. The van der Waals surface area contributed by atoms with E-state index in [4.69, 9.17) is 16.3 Å². The molecule has 4 rings (SSSR count). The molecule has 0 amide bonds. The zero-order valence-corrected chi connectivity index (χ0v) is 17.7. The molecule has 0 N–H and O–H groups in total. The molecule has 140 valence electrons. The minimum absolute atomic E-state index is 0.306. The Labute approximate surface area is 177 Å². The molecule has 3 aromatic rings. The van der Waals surface area contributed by atoms with Crippen LogP contribution in [-0.2, 0) is 16.9 Å². The molecule has 1 aromatic heterocycles. The van der Waals surface area contributed by atoms with Gasteiger partial charge in [0.2, 0.25) is 3.83 Å². The molecule has 4 nitrogen and oxygen atoms in total. The van der Waals surface area contributed by atoms with Crippen LogP contribution in [0.1, 0.15) is 17.2 Å². The number of thioether (sulfide) groups is 1. The van der Waals surface area contributed by atoms with Crippen LogP contribution in [0.2, 0.25) is 5.02 Å². The smallest absolute Gasteiger partial charge is 0.212 e. The van der Waals surface area contributed by atoms with E-state index in [1.807, 2.05) is 47.0 Å². The van der Waals surface area contributed by atoms with Crippen LogP contribution in [0.5, 0.6) is 0 Å². The Morgan fingerprint density at radius 3 is 2.74 bits per heavy atom. The second-order valence-corrected chi connectivity index (χ2v) is 8.21. The maximum absolute atomic E-state index is 13.9. The molecule has 9 heteroatoms. The van der Waals surface area contributed by atoms with E-state index in [0.29, 0.717) is 21.0 Å². The summed E-state index contributed by atoms with van der Waals surface area (Å²) in [4.78, 5) is 4.37. The Hall–Kier alpha value is -1.23. The minimum atomic E-state index is -0.918. The third-order valence-corrected chi connectivity index (χ3v) is 5.94. The summed E-state index contributed by atoms with van der Waals surface area (Å²) in [6.45, 7) is 0.306. The monoisotopic (exact) mass is 519 g/mol. The number of aromatic nitrogens is 3. The average Bonchev–Trinajstić information content (AvgIpc) is 3.25. The van der Waals surface area contributed by atoms with E-state index in [0.717, 1.165) is 16.8 Å². The highest BCUT2D eigenvalue weighted by molar-refractivity contribution is 14.1. The van der Waals surface area contributed by atoms with Gasteiger partial charge in [-0.25, -0.2) is 13.5 Å². The van der Waals surface area contributed by atoms with E-state index in [9.17, 15) is 8.78 Å². The Morgan fingerprint density at radius 2 is 2.04 bits per heavy atom. The lowest BCUT2D eigenvalue weighted by Gasteiger charge is -2.15. The molecule has 0 unspecified atom stereocenters. The van der Waals surface area contributed by atoms with Crippen LogP contribution < -0.4 is 0 Å². The van der Waals surface area contributed by atoms with Crippen molar-refractivity contribution in [3.8, 4) is 0 Å². The third-order valence-electron chi connectivity index (χ3n) is 4.47. The minimum Gasteiger partial charge on any atom is -0.354 e. The van der Waals surface area contributed by atoms with Crippen molar-refractivity contribution in [2.45, 2.75) is 23.4 Å². The van der Waals surface area contributed by atoms with Crippen molar-refractivity contribution in [1.82, 2.24) is 14.8 Å². The summed E-state index contributed by atoms with van der Waals surface area (Å²) in [6.07, 6.45) is 1.51. The second kappa shape index (κ2) is 7.31. The maximum Gasteiger partial charge on any atom is 0.212 e. The van der Waals surface area contributed by atoms with Crippen LogP contribution in [-0.4, -0.2) is 21.0 Å². The number of nitrogens with zero attached hydrogens (tertiary/aromatic N) is 3. The predicted molar refractivity (Wildman–Crippen MR) is 108 cm³/mol. The Kier molecular flexibility index (Phi) is 5.17. The summed E-state index contributed by atoms with van der Waals surface area (Å²) in [7, 11) is 0. The highest BCUT2D eigenvalue weighted by Gasteiger charge is 2.60. The van der Waals surface area contributed by atoms with Gasteiger partial charge in [0.25, 0.3) is 0 Å². The Morgan fingerprint density at radius 1 is 1.26 bits per heavy atom. The molecule has 2 atom stereocenters. The van der Waals surface area contributed by atoms with Gasteiger partial charge in [-0.15, -0.1) is 5.10 Å². The first-order chi connectivity index (χ1) is 12.9. The van der Waals surface area contributed by atoms with Gasteiger partial charge in [0, 0.05) is 33.2 Å². The van der Waals surface area contributed by atoms with Crippen molar-refractivity contribution < 1.29 is 13.5 Å². The average molecular weight is 520 g/mol. The van der Waals surface area contributed by atoms with Gasteiger partial charge < -0.3 is 4.74 Å². The van der Waals surface area contributed by atoms with Crippen molar-refractivity contribution >= 4 is 46.0 Å². The van der Waals surface area contributed by atoms with E-state index in [2.05, 4.69) is 10.1 Å². The zero-order valence-electron chi connectivity index (χ0n) is 14.0. The van der Waals surface area contributed by atoms with Crippen molar-refractivity contribution in [2.24, 2.45) is 0 Å². The number of hydrogen-bond acceptors (Lipinski definition) is 4. The molecule has 0 radical (unpaired) electrons. The fourth-order valence-corrected chi connectivity index (χ4v) is 4.53. The lowest BCUT2D eigenvalue weighted by atomic mass is 9.91. The van der Waals surface area contributed by atoms with Crippen molar-refractivity contribution in [3.63, 3.8) is 0 Å². The molecule has 2 aromatic carbocycles. The van der Waals surface area contributed by atoms with Crippen LogP contribution in [0.15, 0.2) is 47.6 Å². The molecule has 0 spiro atoms. The van der Waals surface area contributed by atoms with Gasteiger partial charge in [0.1, 0.15) is 11.7 Å². The van der Waals surface area contributed by atoms with Crippen LogP contribution in [0.25, 0.3) is 0 Å². The van der Waals surface area contributed by atoms with Gasteiger partial charge >= 0.3 is 0 Å². The van der Waals surface area contributed by atoms with Gasteiger partial charge in [-0.1, -0.05) is 47.6 Å². The van der Waals surface area contributed by atoms with Crippen LogP contribution in [0, 0.1) is 15.5 Å². The molecule has 0 saturated carbocycles. The first-order valence-electron chi connectivity index (χ1n) is 7.97. The summed E-state index contributed by atoms with van der Waals surface area (Å²) in [5, 5.41) is 5.69. The van der Waals surface area contributed by atoms with E-state index in [-0.39, 0.29) is 0 Å². The SMILES string of the molecule is CSc1nc(I)nn1C[C@@]1(c2ccc(F)c(F)c2)O[C@H]1c1ccccc1Cl. The number of hydrogen-bond donors (Lipinski definition) is 0. The van der Waals surface area contributed by atoms with Gasteiger partial charge in [-0.3, -0.25) is 0 Å². The summed E-state index contributed by atoms with van der Waals surface area (Å²) < 4.78 is 35.8. The zero-order chi connectivity index (χ0) is 19.2. The summed E-state index contributed by atoms with van der Waals surface area (Å²) in [5.41, 5.74) is 0.425. The highest BCUT2D eigenvalue weighted by Crippen LogP contribution is 2.59. The normalized spacial score (nSPS) is 21.4. The molecule has 27 heavy (non-hydrogen) atoms. The van der Waals surface area contributed by atoms with Gasteiger partial charge in [-0.05, 0) is 30.0 Å². The second-order valence-electron chi connectivity index (χ2n) is 6.06. The van der Waals surface area contributed by atoms with Gasteiger partial charge in [0.15, 0.2) is 16.8 Å². The van der Waals surface area contributed by atoms with Crippen molar-refractivity contribution in [1.29, 1.82) is 0 Å². The predicted octanol–water partition coefficient (Wildman–Crippen LogP) is 5.20. The molecule has 0 bridgehead atoms. The van der Waals surface area contributed by atoms with E-state index >= 15 is 0 Å². The molecule has 2 heterocycles. The molecular weight excluding hydrogens is 507 g/mol. The molecular formula is C18H13ClF2IN3OS. The fraction of sp³-hybridized carbons (Fsp3) is 0.222. The van der Waals surface area contributed by atoms with E-state index in [1.165, 1.54) is 23.9 Å². The summed E-state index contributed by atoms with van der Waals surface area (Å²) >= 11 is 9.84. The van der Waals surface area contributed by atoms with Gasteiger partial charge in [0.05, 0.1) is 6.54 Å². The number of benzene rings is 2. The lowest BCUT2D eigenvalue weighted by Crippen LogP contribution is -2.21.